The Labute approximate surface area is 220 Å². The number of amides is 4. The number of ether oxygens (including phenoxy) is 3. The Morgan fingerprint density at radius 2 is 1.42 bits per heavy atom. The van der Waals surface area contributed by atoms with E-state index in [0.29, 0.717) is 70.8 Å². The average Bonchev–Trinajstić information content (AvgIpc) is 3.42. The lowest BCUT2D eigenvalue weighted by Crippen LogP contribution is -2.36. The van der Waals surface area contributed by atoms with Gasteiger partial charge in [-0.1, -0.05) is 19.8 Å². The third kappa shape index (κ3) is 13.7. The largest absolute Gasteiger partial charge is 0.379 e. The molecule has 2 fully saturated rings. The number of urea groups is 1. The highest BCUT2D eigenvalue weighted by Crippen LogP contribution is 2.33. The molecule has 3 unspecified atom stereocenters. The molecule has 0 spiro atoms. The molecule has 2 rings (SSSR count). The SMILES string of the molecule is CCCCC(=O)NCCCOCCOCCOCCCNC(=O)CCCCC1SCC2NC(=O)NC21. The summed E-state index contributed by atoms with van der Waals surface area (Å²) in [6, 6.07) is 0.446. The van der Waals surface area contributed by atoms with Crippen molar-refractivity contribution in [3.8, 4) is 0 Å². The normalized spacial score (nSPS) is 20.6. The van der Waals surface area contributed by atoms with Gasteiger partial charge in [-0.3, -0.25) is 9.59 Å². The summed E-state index contributed by atoms with van der Waals surface area (Å²) in [6.45, 7) is 6.63. The summed E-state index contributed by atoms with van der Waals surface area (Å²) in [5.41, 5.74) is 0. The maximum atomic E-state index is 12.0. The maximum Gasteiger partial charge on any atom is 0.315 e. The molecule has 2 aliphatic rings. The number of carbonyl (C=O) groups excluding carboxylic acids is 3. The molecule has 4 N–H and O–H groups in total. The van der Waals surface area contributed by atoms with Gasteiger partial charge in [0.15, 0.2) is 0 Å². The molecule has 0 bridgehead atoms. The number of unbranched alkanes of at least 4 members (excludes halogenated alkanes) is 2. The second-order valence-corrected chi connectivity index (χ2v) is 10.5. The standard InChI is InChI=1S/C25H46N4O6S/c1-2-3-9-22(30)26-11-6-13-33-15-17-35-18-16-34-14-7-12-27-23(31)10-5-4-8-21-24-20(19-36-21)28-25(32)29-24/h20-21,24H,2-19H2,1H3,(H,26,30)(H,27,31)(H2,28,29,32). The van der Waals surface area contributed by atoms with Gasteiger partial charge in [0, 0.05) is 50.1 Å². The molecule has 2 heterocycles. The molecule has 0 aromatic carbocycles. The molecule has 0 radical (unpaired) electrons. The first-order valence-electron chi connectivity index (χ1n) is 13.6. The number of thioether (sulfide) groups is 1. The van der Waals surface area contributed by atoms with Crippen LogP contribution in [-0.2, 0) is 23.8 Å². The number of hydrogen-bond donors (Lipinski definition) is 4. The molecule has 2 aliphatic heterocycles. The number of nitrogens with one attached hydrogen (secondary N) is 4. The zero-order valence-electron chi connectivity index (χ0n) is 21.8. The van der Waals surface area contributed by atoms with Crippen molar-refractivity contribution in [2.75, 3.05) is 58.5 Å². The second-order valence-electron chi connectivity index (χ2n) is 9.22. The van der Waals surface area contributed by atoms with Gasteiger partial charge in [-0.15, -0.1) is 0 Å². The van der Waals surface area contributed by atoms with Gasteiger partial charge in [0.2, 0.25) is 11.8 Å². The van der Waals surface area contributed by atoms with E-state index in [1.165, 1.54) is 0 Å². The summed E-state index contributed by atoms with van der Waals surface area (Å²) in [5, 5.41) is 12.2. The zero-order chi connectivity index (χ0) is 25.8. The Morgan fingerprint density at radius 3 is 2.03 bits per heavy atom. The van der Waals surface area contributed by atoms with Crippen LogP contribution in [0.25, 0.3) is 0 Å². The molecule has 2 saturated heterocycles. The van der Waals surface area contributed by atoms with Crippen molar-refractivity contribution < 1.29 is 28.6 Å². The fraction of sp³-hybridized carbons (Fsp3) is 0.880. The maximum absolute atomic E-state index is 12.0. The summed E-state index contributed by atoms with van der Waals surface area (Å²) in [5.74, 6) is 1.18. The molecule has 208 valence electrons. The first kappa shape index (κ1) is 30.7. The van der Waals surface area contributed by atoms with Crippen molar-refractivity contribution in [3.05, 3.63) is 0 Å². The van der Waals surface area contributed by atoms with Gasteiger partial charge in [0.1, 0.15) is 0 Å². The zero-order valence-corrected chi connectivity index (χ0v) is 22.6. The molecule has 0 saturated carbocycles. The van der Waals surface area contributed by atoms with Crippen molar-refractivity contribution in [2.24, 2.45) is 0 Å². The molecule has 3 atom stereocenters. The monoisotopic (exact) mass is 530 g/mol. The van der Waals surface area contributed by atoms with Gasteiger partial charge >= 0.3 is 6.03 Å². The van der Waals surface area contributed by atoms with Crippen LogP contribution in [0.1, 0.15) is 64.7 Å². The molecular formula is C25H46N4O6S. The summed E-state index contributed by atoms with van der Waals surface area (Å²) in [7, 11) is 0. The van der Waals surface area contributed by atoms with E-state index in [0.717, 1.165) is 50.7 Å². The fourth-order valence-corrected chi connectivity index (χ4v) is 5.68. The van der Waals surface area contributed by atoms with Crippen LogP contribution in [0.15, 0.2) is 0 Å². The van der Waals surface area contributed by atoms with Gasteiger partial charge in [-0.25, -0.2) is 4.79 Å². The van der Waals surface area contributed by atoms with Crippen LogP contribution < -0.4 is 21.3 Å². The molecule has 36 heavy (non-hydrogen) atoms. The Morgan fingerprint density at radius 1 is 0.833 bits per heavy atom. The summed E-state index contributed by atoms with van der Waals surface area (Å²) in [6.07, 6.45) is 7.59. The molecule has 11 heteroatoms. The summed E-state index contributed by atoms with van der Waals surface area (Å²) in [4.78, 5) is 34.8. The third-order valence-electron chi connectivity index (χ3n) is 6.16. The van der Waals surface area contributed by atoms with E-state index in [1.54, 1.807) is 0 Å². The molecule has 4 amide bonds. The highest BCUT2D eigenvalue weighted by molar-refractivity contribution is 8.00. The lowest BCUT2D eigenvalue weighted by molar-refractivity contribution is -0.122. The van der Waals surface area contributed by atoms with Crippen molar-refractivity contribution in [3.63, 3.8) is 0 Å². The van der Waals surface area contributed by atoms with E-state index in [2.05, 4.69) is 28.2 Å². The van der Waals surface area contributed by atoms with Gasteiger partial charge in [-0.2, -0.15) is 11.8 Å². The second kappa shape index (κ2) is 19.5. The smallest absolute Gasteiger partial charge is 0.315 e. The summed E-state index contributed by atoms with van der Waals surface area (Å²) >= 11 is 1.91. The predicted molar refractivity (Wildman–Crippen MR) is 141 cm³/mol. The van der Waals surface area contributed by atoms with Gasteiger partial charge in [0.05, 0.1) is 38.5 Å². The molecule has 0 aromatic heterocycles. The third-order valence-corrected chi connectivity index (χ3v) is 7.67. The van der Waals surface area contributed by atoms with E-state index in [1.807, 2.05) is 11.8 Å². The first-order chi connectivity index (χ1) is 17.6. The Balaban J connectivity index is 1.26. The van der Waals surface area contributed by atoms with Gasteiger partial charge in [0.25, 0.3) is 0 Å². The van der Waals surface area contributed by atoms with Crippen LogP contribution >= 0.6 is 11.8 Å². The molecule has 0 aliphatic carbocycles. The average molecular weight is 531 g/mol. The topological polar surface area (TPSA) is 127 Å². The minimum absolute atomic E-state index is 0.0514. The van der Waals surface area contributed by atoms with E-state index in [4.69, 9.17) is 14.2 Å². The van der Waals surface area contributed by atoms with Gasteiger partial charge in [-0.05, 0) is 32.1 Å². The highest BCUT2D eigenvalue weighted by atomic mass is 32.2. The van der Waals surface area contributed by atoms with E-state index in [-0.39, 0.29) is 29.9 Å². The van der Waals surface area contributed by atoms with Crippen molar-refractivity contribution in [2.45, 2.75) is 82.0 Å². The first-order valence-corrected chi connectivity index (χ1v) is 14.6. The molecule has 10 nitrogen and oxygen atoms in total. The number of rotatable bonds is 22. The lowest BCUT2D eigenvalue weighted by Gasteiger charge is -2.16. The minimum Gasteiger partial charge on any atom is -0.379 e. The number of fused-ring (bicyclic) bond motifs is 1. The fourth-order valence-electron chi connectivity index (χ4n) is 4.13. The quantitative estimate of drug-likeness (QED) is 0.124. The van der Waals surface area contributed by atoms with Crippen LogP contribution in [-0.4, -0.2) is 93.7 Å². The predicted octanol–water partition coefficient (Wildman–Crippen LogP) is 1.96. The number of carbonyl (C=O) groups is 3. The molecular weight excluding hydrogens is 484 g/mol. The Kier molecular flexibility index (Phi) is 16.6. The van der Waals surface area contributed by atoms with Crippen LogP contribution in [0.4, 0.5) is 4.79 Å². The van der Waals surface area contributed by atoms with Crippen LogP contribution in [0.2, 0.25) is 0 Å². The van der Waals surface area contributed by atoms with Crippen LogP contribution in [0, 0.1) is 0 Å². The van der Waals surface area contributed by atoms with Crippen molar-refractivity contribution in [1.82, 2.24) is 21.3 Å². The Bertz CT molecular complexity index is 642. The van der Waals surface area contributed by atoms with E-state index < -0.39 is 0 Å². The van der Waals surface area contributed by atoms with Crippen molar-refractivity contribution >= 4 is 29.6 Å². The van der Waals surface area contributed by atoms with Crippen molar-refractivity contribution in [1.29, 1.82) is 0 Å². The number of hydrogen-bond acceptors (Lipinski definition) is 7. The highest BCUT2D eigenvalue weighted by Gasteiger charge is 2.42. The lowest BCUT2D eigenvalue weighted by atomic mass is 10.0. The van der Waals surface area contributed by atoms with E-state index >= 15 is 0 Å². The summed E-state index contributed by atoms with van der Waals surface area (Å²) < 4.78 is 16.5. The van der Waals surface area contributed by atoms with E-state index in [9.17, 15) is 14.4 Å². The van der Waals surface area contributed by atoms with Crippen LogP contribution in [0.5, 0.6) is 0 Å². The van der Waals surface area contributed by atoms with Crippen LogP contribution in [0.3, 0.4) is 0 Å². The Hall–Kier alpha value is -1.56. The minimum atomic E-state index is -0.0514. The molecule has 0 aromatic rings. The van der Waals surface area contributed by atoms with Gasteiger partial charge < -0.3 is 35.5 Å².